The van der Waals surface area contributed by atoms with Gasteiger partial charge in [0.15, 0.2) is 5.82 Å². The monoisotopic (exact) mass is 250 g/mol. The maximum Gasteiger partial charge on any atom is 0.151 e. The first-order valence-corrected chi connectivity index (χ1v) is 5.15. The van der Waals surface area contributed by atoms with Crippen LogP contribution in [0, 0.1) is 17.5 Å². The number of anilines is 1. The maximum atomic E-state index is 13.2. The SMILES string of the molecule is Fc1cccc(/C=N/Nc2ccc(F)cc2F)c1. The zero-order valence-corrected chi connectivity index (χ0v) is 9.20. The van der Waals surface area contributed by atoms with Crippen molar-refractivity contribution in [3.8, 4) is 0 Å². The van der Waals surface area contributed by atoms with Crippen molar-refractivity contribution >= 4 is 11.9 Å². The molecule has 0 aromatic heterocycles. The molecule has 5 heteroatoms. The van der Waals surface area contributed by atoms with Gasteiger partial charge in [0.2, 0.25) is 0 Å². The van der Waals surface area contributed by atoms with Gasteiger partial charge in [-0.25, -0.2) is 13.2 Å². The van der Waals surface area contributed by atoms with Crippen LogP contribution in [0.2, 0.25) is 0 Å². The van der Waals surface area contributed by atoms with Gasteiger partial charge in [-0.2, -0.15) is 5.10 Å². The smallest absolute Gasteiger partial charge is 0.151 e. The highest BCUT2D eigenvalue weighted by Gasteiger charge is 2.01. The molecule has 2 nitrogen and oxygen atoms in total. The highest BCUT2D eigenvalue weighted by atomic mass is 19.1. The summed E-state index contributed by atoms with van der Waals surface area (Å²) in [6, 6.07) is 8.87. The van der Waals surface area contributed by atoms with Crippen molar-refractivity contribution in [3.63, 3.8) is 0 Å². The summed E-state index contributed by atoms with van der Waals surface area (Å²) in [7, 11) is 0. The van der Waals surface area contributed by atoms with Crippen molar-refractivity contribution in [2.45, 2.75) is 0 Å². The third-order valence-electron chi connectivity index (χ3n) is 2.18. The van der Waals surface area contributed by atoms with Crippen molar-refractivity contribution in [2.75, 3.05) is 5.43 Å². The van der Waals surface area contributed by atoms with E-state index in [-0.39, 0.29) is 11.5 Å². The summed E-state index contributed by atoms with van der Waals surface area (Å²) in [6.45, 7) is 0. The molecule has 92 valence electrons. The fraction of sp³-hybridized carbons (Fsp3) is 0. The topological polar surface area (TPSA) is 24.4 Å². The molecule has 0 aliphatic carbocycles. The Bertz CT molecular complexity index is 582. The Morgan fingerprint density at radius 2 is 1.72 bits per heavy atom. The summed E-state index contributed by atoms with van der Waals surface area (Å²) >= 11 is 0. The van der Waals surface area contributed by atoms with Crippen molar-refractivity contribution in [2.24, 2.45) is 5.10 Å². The van der Waals surface area contributed by atoms with Gasteiger partial charge in [-0.15, -0.1) is 0 Å². The molecule has 0 saturated carbocycles. The molecule has 0 atom stereocenters. The van der Waals surface area contributed by atoms with Gasteiger partial charge in [0.25, 0.3) is 0 Å². The minimum Gasteiger partial charge on any atom is -0.276 e. The summed E-state index contributed by atoms with van der Waals surface area (Å²) < 4.78 is 38.7. The summed E-state index contributed by atoms with van der Waals surface area (Å²) in [6.07, 6.45) is 1.34. The number of rotatable bonds is 3. The normalized spacial score (nSPS) is 10.8. The molecule has 0 saturated heterocycles. The van der Waals surface area contributed by atoms with E-state index in [9.17, 15) is 13.2 Å². The lowest BCUT2D eigenvalue weighted by molar-refractivity contribution is 0.585. The Labute approximate surface area is 102 Å². The molecule has 0 aliphatic heterocycles. The number of halogens is 3. The first-order chi connectivity index (χ1) is 8.65. The van der Waals surface area contributed by atoms with Crippen molar-refractivity contribution < 1.29 is 13.2 Å². The second-order valence-corrected chi connectivity index (χ2v) is 3.55. The van der Waals surface area contributed by atoms with Crippen LogP contribution in [0.25, 0.3) is 0 Å². The minimum absolute atomic E-state index is 0.0454. The first kappa shape index (κ1) is 12.2. The summed E-state index contributed by atoms with van der Waals surface area (Å²) in [4.78, 5) is 0. The van der Waals surface area contributed by atoms with E-state index in [2.05, 4.69) is 10.5 Å². The van der Waals surface area contributed by atoms with E-state index in [1.165, 1.54) is 30.5 Å². The molecule has 1 N–H and O–H groups in total. The molecule has 0 amide bonds. The highest BCUT2D eigenvalue weighted by molar-refractivity contribution is 5.80. The van der Waals surface area contributed by atoms with Gasteiger partial charge in [-0.3, -0.25) is 5.43 Å². The predicted molar refractivity (Wildman–Crippen MR) is 64.0 cm³/mol. The molecule has 0 bridgehead atoms. The summed E-state index contributed by atoms with van der Waals surface area (Å²) in [5.74, 6) is -1.79. The Hall–Kier alpha value is -2.30. The molecule has 2 rings (SSSR count). The molecule has 0 spiro atoms. The quantitative estimate of drug-likeness (QED) is 0.653. The second-order valence-electron chi connectivity index (χ2n) is 3.55. The number of nitrogens with zero attached hydrogens (tertiary/aromatic N) is 1. The van der Waals surface area contributed by atoms with Crippen LogP contribution in [0.5, 0.6) is 0 Å². The van der Waals surface area contributed by atoms with Crippen molar-refractivity contribution in [1.82, 2.24) is 0 Å². The van der Waals surface area contributed by atoms with Crippen LogP contribution in [0.15, 0.2) is 47.6 Å². The fourth-order valence-electron chi connectivity index (χ4n) is 1.34. The number of hydrogen-bond donors (Lipinski definition) is 1. The number of hydrazone groups is 1. The van der Waals surface area contributed by atoms with Crippen LogP contribution in [0.1, 0.15) is 5.56 Å². The largest absolute Gasteiger partial charge is 0.276 e. The molecule has 0 radical (unpaired) electrons. The predicted octanol–water partition coefficient (Wildman–Crippen LogP) is 3.55. The molecular weight excluding hydrogens is 241 g/mol. The van der Waals surface area contributed by atoms with Gasteiger partial charge in [-0.05, 0) is 29.8 Å². The maximum absolute atomic E-state index is 13.2. The molecule has 0 unspecified atom stereocenters. The standard InChI is InChI=1S/C13H9F3N2/c14-10-3-1-2-9(6-10)8-17-18-13-5-4-11(15)7-12(13)16/h1-8,18H/b17-8+. The van der Waals surface area contributed by atoms with Gasteiger partial charge < -0.3 is 0 Å². The van der Waals surface area contributed by atoms with E-state index < -0.39 is 11.6 Å². The Kier molecular flexibility index (Phi) is 3.62. The average Bonchev–Trinajstić information content (AvgIpc) is 2.32. The van der Waals surface area contributed by atoms with Crippen molar-refractivity contribution in [3.05, 3.63) is 65.5 Å². The van der Waals surface area contributed by atoms with Gasteiger partial charge in [0, 0.05) is 6.07 Å². The molecule has 2 aromatic rings. The highest BCUT2D eigenvalue weighted by Crippen LogP contribution is 2.14. The molecule has 0 aliphatic rings. The molecule has 18 heavy (non-hydrogen) atoms. The summed E-state index contributed by atoms with van der Waals surface area (Å²) in [5, 5.41) is 3.74. The number of benzene rings is 2. The third-order valence-corrected chi connectivity index (χ3v) is 2.18. The van der Waals surface area contributed by atoms with Gasteiger partial charge in [0.05, 0.1) is 11.9 Å². The van der Waals surface area contributed by atoms with Crippen molar-refractivity contribution in [1.29, 1.82) is 0 Å². The molecule has 2 aromatic carbocycles. The van der Waals surface area contributed by atoms with E-state index >= 15 is 0 Å². The Morgan fingerprint density at radius 1 is 0.944 bits per heavy atom. The zero-order valence-electron chi connectivity index (χ0n) is 9.20. The van der Waals surface area contributed by atoms with E-state index in [1.807, 2.05) is 0 Å². The van der Waals surface area contributed by atoms with Gasteiger partial charge >= 0.3 is 0 Å². The lowest BCUT2D eigenvalue weighted by Crippen LogP contribution is -1.94. The number of nitrogens with one attached hydrogen (secondary N) is 1. The molecular formula is C13H9F3N2. The molecule has 0 heterocycles. The molecule has 0 fully saturated rings. The third kappa shape index (κ3) is 3.10. The van der Waals surface area contributed by atoms with E-state index in [0.717, 1.165) is 12.1 Å². The number of hydrogen-bond acceptors (Lipinski definition) is 2. The summed E-state index contributed by atoms with van der Waals surface area (Å²) in [5.41, 5.74) is 2.99. The zero-order chi connectivity index (χ0) is 13.0. The van der Waals surface area contributed by atoms with E-state index in [1.54, 1.807) is 6.07 Å². The fourth-order valence-corrected chi connectivity index (χ4v) is 1.34. The average molecular weight is 250 g/mol. The second kappa shape index (κ2) is 5.35. The van der Waals surface area contributed by atoms with Gasteiger partial charge in [0.1, 0.15) is 11.6 Å². The van der Waals surface area contributed by atoms with Crippen LogP contribution in [-0.4, -0.2) is 6.21 Å². The van der Waals surface area contributed by atoms with Crippen LogP contribution in [0.3, 0.4) is 0 Å². The lowest BCUT2D eigenvalue weighted by Gasteiger charge is -2.01. The van der Waals surface area contributed by atoms with Crippen LogP contribution in [0.4, 0.5) is 18.9 Å². The lowest BCUT2D eigenvalue weighted by atomic mass is 10.2. The first-order valence-electron chi connectivity index (χ1n) is 5.15. The van der Waals surface area contributed by atoms with Crippen LogP contribution < -0.4 is 5.43 Å². The Balaban J connectivity index is 2.07. The Morgan fingerprint density at radius 3 is 2.44 bits per heavy atom. The van der Waals surface area contributed by atoms with Crippen LogP contribution >= 0.6 is 0 Å². The van der Waals surface area contributed by atoms with Gasteiger partial charge in [-0.1, -0.05) is 12.1 Å². The van der Waals surface area contributed by atoms with Crippen LogP contribution in [-0.2, 0) is 0 Å². The van der Waals surface area contributed by atoms with E-state index in [4.69, 9.17) is 0 Å². The van der Waals surface area contributed by atoms with E-state index in [0.29, 0.717) is 5.56 Å². The minimum atomic E-state index is -0.744.